The molecule has 0 N–H and O–H groups in total. The molecule has 0 saturated carbocycles. The Kier molecular flexibility index (Phi) is 2.70. The Morgan fingerprint density at radius 1 is 1.07 bits per heavy atom. The Morgan fingerprint density at radius 3 is 2.40 bits per heavy atom. The van der Waals surface area contributed by atoms with Crippen molar-refractivity contribution in [3.05, 3.63) is 27.0 Å². The number of halogens is 1. The Hall–Kier alpha value is -1.39. The number of aryl methyl sites for hydroxylation is 1. The highest BCUT2D eigenvalue weighted by Gasteiger charge is 2.20. The fraction of sp³-hybridized carbons (Fsp3) is 0.364. The van der Waals surface area contributed by atoms with Gasteiger partial charge in [0.25, 0.3) is 0 Å². The lowest BCUT2D eigenvalue weighted by Gasteiger charge is -2.16. The molecule has 0 unspecified atom stereocenters. The van der Waals surface area contributed by atoms with E-state index in [0.717, 1.165) is 36.9 Å². The smallest absolute Gasteiger partial charge is 0.125 e. The molecular weight excluding hydrogens is 254 g/mol. The average molecular weight is 262 g/mol. The molecule has 0 bridgehead atoms. The monoisotopic (exact) mass is 261 g/mol. The van der Waals surface area contributed by atoms with Crippen LogP contribution in [0.2, 0.25) is 0 Å². The standard InChI is InChI=1S/C11H8BrN3/c12-11-9(6-14)8(5-13)7-3-1-2-4-10(7)15-11/h1-4H2. The Bertz CT molecular complexity index is 494. The third-order valence-electron chi connectivity index (χ3n) is 2.65. The van der Waals surface area contributed by atoms with E-state index in [1.807, 2.05) is 6.07 Å². The highest BCUT2D eigenvalue weighted by Crippen LogP contribution is 2.28. The number of fused-ring (bicyclic) bond motifs is 1. The minimum Gasteiger partial charge on any atom is -0.244 e. The highest BCUT2D eigenvalue weighted by atomic mass is 79.9. The molecule has 15 heavy (non-hydrogen) atoms. The van der Waals surface area contributed by atoms with E-state index in [9.17, 15) is 0 Å². The van der Waals surface area contributed by atoms with Crippen molar-refractivity contribution in [1.29, 1.82) is 10.5 Å². The molecule has 0 spiro atoms. The van der Waals surface area contributed by atoms with E-state index in [1.54, 1.807) is 0 Å². The molecule has 1 aromatic heterocycles. The van der Waals surface area contributed by atoms with Crippen molar-refractivity contribution in [1.82, 2.24) is 4.98 Å². The second kappa shape index (κ2) is 4.00. The second-order valence-electron chi connectivity index (χ2n) is 3.51. The Labute approximate surface area is 96.5 Å². The van der Waals surface area contributed by atoms with E-state index in [2.05, 4.69) is 27.0 Å². The maximum atomic E-state index is 9.08. The number of pyridine rings is 1. The Balaban J connectivity index is 2.73. The predicted octanol–water partition coefficient (Wildman–Crippen LogP) is 2.47. The van der Waals surface area contributed by atoms with Crippen molar-refractivity contribution >= 4 is 15.9 Å². The van der Waals surface area contributed by atoms with Gasteiger partial charge in [0.15, 0.2) is 0 Å². The van der Waals surface area contributed by atoms with Gasteiger partial charge in [-0.2, -0.15) is 10.5 Å². The maximum absolute atomic E-state index is 9.08. The predicted molar refractivity (Wildman–Crippen MR) is 58.0 cm³/mol. The summed E-state index contributed by atoms with van der Waals surface area (Å²) >= 11 is 3.24. The highest BCUT2D eigenvalue weighted by molar-refractivity contribution is 9.10. The molecule has 74 valence electrons. The van der Waals surface area contributed by atoms with Crippen molar-refractivity contribution in [2.45, 2.75) is 25.7 Å². The lowest BCUT2D eigenvalue weighted by atomic mass is 9.91. The second-order valence-corrected chi connectivity index (χ2v) is 4.26. The van der Waals surface area contributed by atoms with Gasteiger partial charge in [0, 0.05) is 5.69 Å². The van der Waals surface area contributed by atoms with Crippen molar-refractivity contribution in [2.24, 2.45) is 0 Å². The van der Waals surface area contributed by atoms with Crippen LogP contribution in [-0.2, 0) is 12.8 Å². The molecule has 1 aromatic rings. The molecule has 0 saturated heterocycles. The normalized spacial score (nSPS) is 13.8. The first-order valence-electron chi connectivity index (χ1n) is 4.79. The third-order valence-corrected chi connectivity index (χ3v) is 3.23. The van der Waals surface area contributed by atoms with E-state index < -0.39 is 0 Å². The van der Waals surface area contributed by atoms with E-state index in [-0.39, 0.29) is 0 Å². The quantitative estimate of drug-likeness (QED) is 0.675. The van der Waals surface area contributed by atoms with E-state index in [0.29, 0.717) is 15.7 Å². The van der Waals surface area contributed by atoms with Gasteiger partial charge >= 0.3 is 0 Å². The van der Waals surface area contributed by atoms with Crippen molar-refractivity contribution in [2.75, 3.05) is 0 Å². The van der Waals surface area contributed by atoms with Crippen LogP contribution in [0.25, 0.3) is 0 Å². The van der Waals surface area contributed by atoms with Crippen LogP contribution < -0.4 is 0 Å². The largest absolute Gasteiger partial charge is 0.244 e. The average Bonchev–Trinajstić information content (AvgIpc) is 2.27. The van der Waals surface area contributed by atoms with Gasteiger partial charge in [-0.15, -0.1) is 0 Å². The summed E-state index contributed by atoms with van der Waals surface area (Å²) in [6, 6.07) is 4.16. The summed E-state index contributed by atoms with van der Waals surface area (Å²) in [5.74, 6) is 0. The van der Waals surface area contributed by atoms with E-state index in [4.69, 9.17) is 10.5 Å². The molecule has 0 atom stereocenters. The van der Waals surface area contributed by atoms with Gasteiger partial charge in [0.1, 0.15) is 22.3 Å². The fourth-order valence-corrected chi connectivity index (χ4v) is 2.44. The molecule has 0 amide bonds. The van der Waals surface area contributed by atoms with Gasteiger partial charge in [0.05, 0.1) is 5.56 Å². The summed E-state index contributed by atoms with van der Waals surface area (Å²) in [7, 11) is 0. The van der Waals surface area contributed by atoms with Gasteiger partial charge in [-0.05, 0) is 47.2 Å². The van der Waals surface area contributed by atoms with Crippen LogP contribution in [0.15, 0.2) is 4.60 Å². The first-order chi connectivity index (χ1) is 7.27. The summed E-state index contributed by atoms with van der Waals surface area (Å²) in [6.45, 7) is 0. The van der Waals surface area contributed by atoms with Gasteiger partial charge in [0.2, 0.25) is 0 Å². The van der Waals surface area contributed by atoms with Crippen molar-refractivity contribution in [3.63, 3.8) is 0 Å². The molecule has 0 fully saturated rings. The third kappa shape index (κ3) is 1.62. The molecule has 1 aliphatic carbocycles. The number of nitriles is 2. The number of hydrogen-bond donors (Lipinski definition) is 0. The molecule has 3 nitrogen and oxygen atoms in total. The lowest BCUT2D eigenvalue weighted by molar-refractivity contribution is 0.664. The van der Waals surface area contributed by atoms with E-state index >= 15 is 0 Å². The summed E-state index contributed by atoms with van der Waals surface area (Å²) in [5, 5.41) is 18.0. The number of rotatable bonds is 0. The van der Waals surface area contributed by atoms with Crippen molar-refractivity contribution in [3.8, 4) is 12.1 Å². The topological polar surface area (TPSA) is 60.5 Å². The molecule has 4 heteroatoms. The minimum atomic E-state index is 0.373. The molecule has 0 aliphatic heterocycles. The maximum Gasteiger partial charge on any atom is 0.125 e. The summed E-state index contributed by atoms with van der Waals surface area (Å²) in [4.78, 5) is 4.34. The molecular formula is C11H8BrN3. The fourth-order valence-electron chi connectivity index (χ4n) is 1.94. The lowest BCUT2D eigenvalue weighted by Crippen LogP contribution is -2.10. The van der Waals surface area contributed by atoms with Crippen LogP contribution in [-0.4, -0.2) is 4.98 Å². The molecule has 0 radical (unpaired) electrons. The minimum absolute atomic E-state index is 0.373. The first-order valence-corrected chi connectivity index (χ1v) is 5.58. The molecule has 2 rings (SSSR count). The first kappa shape index (κ1) is 10.1. The van der Waals surface area contributed by atoms with Crippen molar-refractivity contribution < 1.29 is 0 Å². The molecule has 1 heterocycles. The number of nitrogens with zero attached hydrogens (tertiary/aromatic N) is 3. The summed E-state index contributed by atoms with van der Waals surface area (Å²) in [6.07, 6.45) is 3.97. The van der Waals surface area contributed by atoms with E-state index in [1.165, 1.54) is 0 Å². The van der Waals surface area contributed by atoms with Gasteiger partial charge < -0.3 is 0 Å². The molecule has 1 aliphatic rings. The zero-order valence-corrected chi connectivity index (χ0v) is 9.63. The van der Waals surface area contributed by atoms with Gasteiger partial charge in [-0.25, -0.2) is 4.98 Å². The van der Waals surface area contributed by atoms with Gasteiger partial charge in [-0.3, -0.25) is 0 Å². The number of aromatic nitrogens is 1. The van der Waals surface area contributed by atoms with Crippen LogP contribution in [0.3, 0.4) is 0 Å². The van der Waals surface area contributed by atoms with Crippen LogP contribution in [0.1, 0.15) is 35.2 Å². The zero-order chi connectivity index (χ0) is 10.8. The van der Waals surface area contributed by atoms with Crippen LogP contribution in [0.4, 0.5) is 0 Å². The van der Waals surface area contributed by atoms with Gasteiger partial charge in [-0.1, -0.05) is 0 Å². The van der Waals surface area contributed by atoms with Crippen LogP contribution in [0, 0.1) is 22.7 Å². The Morgan fingerprint density at radius 2 is 1.73 bits per heavy atom. The zero-order valence-electron chi connectivity index (χ0n) is 8.05. The van der Waals surface area contributed by atoms with Crippen LogP contribution >= 0.6 is 15.9 Å². The SMILES string of the molecule is N#Cc1c(Br)nc2c(c1C#N)CCCC2. The number of hydrogen-bond acceptors (Lipinski definition) is 3. The summed E-state index contributed by atoms with van der Waals surface area (Å²) < 4.78 is 0.502. The van der Waals surface area contributed by atoms with Crippen LogP contribution in [0.5, 0.6) is 0 Å². The molecule has 0 aromatic carbocycles. The summed E-state index contributed by atoms with van der Waals surface area (Å²) in [5.41, 5.74) is 2.83.